The maximum atomic E-state index is 4.70. The summed E-state index contributed by atoms with van der Waals surface area (Å²) in [7, 11) is 0. The molecule has 1 aromatic heterocycles. The summed E-state index contributed by atoms with van der Waals surface area (Å²) in [6.07, 6.45) is 4.45. The number of hydrogen-bond acceptors (Lipinski definition) is 1. The van der Waals surface area contributed by atoms with E-state index in [1.165, 1.54) is 28.8 Å². The number of benzene rings is 1. The molecule has 0 saturated carbocycles. The molecule has 1 aliphatic rings. The molecule has 0 N–H and O–H groups in total. The lowest BCUT2D eigenvalue weighted by molar-refractivity contribution is 0.442. The number of fused-ring (bicyclic) bond motifs is 1. The maximum absolute atomic E-state index is 4.70. The Hall–Kier alpha value is -1.63. The van der Waals surface area contributed by atoms with E-state index in [0.29, 0.717) is 5.92 Å². The molecule has 18 heavy (non-hydrogen) atoms. The minimum absolute atomic E-state index is 0.639. The Morgan fingerprint density at radius 3 is 2.61 bits per heavy atom. The van der Waals surface area contributed by atoms with E-state index >= 15 is 0 Å². The molecule has 92 valence electrons. The van der Waals surface area contributed by atoms with Crippen molar-refractivity contribution < 1.29 is 0 Å². The van der Waals surface area contributed by atoms with E-state index in [4.69, 9.17) is 4.98 Å². The van der Waals surface area contributed by atoms with Gasteiger partial charge in [-0.3, -0.25) is 4.98 Å². The first-order chi connectivity index (χ1) is 8.74. The van der Waals surface area contributed by atoms with Crippen LogP contribution in [0.3, 0.4) is 0 Å². The molecule has 1 aliphatic carbocycles. The van der Waals surface area contributed by atoms with Gasteiger partial charge in [-0.25, -0.2) is 0 Å². The van der Waals surface area contributed by atoms with Crippen LogP contribution in [0.25, 0.3) is 11.1 Å². The standard InChI is InChI=1S/C17H19N/c1-12-8-13(2)16-10-15(11-18-17(16)9-12)14-6-4-3-5-7-14/h3-7,10-13H,8-9H2,1-2H3. The van der Waals surface area contributed by atoms with Gasteiger partial charge in [-0.1, -0.05) is 44.2 Å². The zero-order valence-corrected chi connectivity index (χ0v) is 11.1. The molecule has 1 heterocycles. The number of nitrogens with zero attached hydrogens (tertiary/aromatic N) is 1. The Morgan fingerprint density at radius 1 is 1.06 bits per heavy atom. The van der Waals surface area contributed by atoms with Crippen molar-refractivity contribution in [1.29, 1.82) is 0 Å². The van der Waals surface area contributed by atoms with E-state index in [1.807, 2.05) is 6.20 Å². The van der Waals surface area contributed by atoms with Crippen LogP contribution in [0.2, 0.25) is 0 Å². The summed E-state index contributed by atoms with van der Waals surface area (Å²) in [6, 6.07) is 12.9. The van der Waals surface area contributed by atoms with Crippen molar-refractivity contribution in [3.8, 4) is 11.1 Å². The molecule has 0 spiro atoms. The van der Waals surface area contributed by atoms with E-state index < -0.39 is 0 Å². The summed E-state index contributed by atoms with van der Waals surface area (Å²) >= 11 is 0. The van der Waals surface area contributed by atoms with Crippen LogP contribution < -0.4 is 0 Å². The van der Waals surface area contributed by atoms with Crippen molar-refractivity contribution in [2.45, 2.75) is 32.6 Å². The van der Waals surface area contributed by atoms with Crippen LogP contribution in [0, 0.1) is 5.92 Å². The number of pyridine rings is 1. The lowest BCUT2D eigenvalue weighted by Crippen LogP contribution is -2.16. The Morgan fingerprint density at radius 2 is 1.83 bits per heavy atom. The monoisotopic (exact) mass is 237 g/mol. The van der Waals surface area contributed by atoms with Gasteiger partial charge in [0.05, 0.1) is 0 Å². The van der Waals surface area contributed by atoms with Crippen LogP contribution in [0.5, 0.6) is 0 Å². The van der Waals surface area contributed by atoms with Gasteiger partial charge in [0.2, 0.25) is 0 Å². The second kappa shape index (κ2) is 4.56. The van der Waals surface area contributed by atoms with Crippen molar-refractivity contribution in [3.63, 3.8) is 0 Å². The zero-order valence-electron chi connectivity index (χ0n) is 11.1. The molecule has 2 aromatic rings. The van der Waals surface area contributed by atoms with Crippen LogP contribution in [0.15, 0.2) is 42.6 Å². The van der Waals surface area contributed by atoms with E-state index in [0.717, 1.165) is 12.3 Å². The molecule has 1 heteroatoms. The van der Waals surface area contributed by atoms with Crippen molar-refractivity contribution in [3.05, 3.63) is 53.9 Å². The summed E-state index contributed by atoms with van der Waals surface area (Å²) < 4.78 is 0. The average Bonchev–Trinajstić information content (AvgIpc) is 2.39. The molecular formula is C17H19N. The molecular weight excluding hydrogens is 218 g/mol. The third-order valence-electron chi connectivity index (χ3n) is 3.94. The predicted octanol–water partition coefficient (Wildman–Crippen LogP) is 4.43. The summed E-state index contributed by atoms with van der Waals surface area (Å²) in [4.78, 5) is 4.70. The van der Waals surface area contributed by atoms with Crippen molar-refractivity contribution in [2.75, 3.05) is 0 Å². The predicted molar refractivity (Wildman–Crippen MR) is 75.6 cm³/mol. The molecule has 2 unspecified atom stereocenters. The van der Waals surface area contributed by atoms with E-state index in [9.17, 15) is 0 Å². The molecule has 2 atom stereocenters. The highest BCUT2D eigenvalue weighted by Gasteiger charge is 2.22. The van der Waals surface area contributed by atoms with Gasteiger partial charge >= 0.3 is 0 Å². The van der Waals surface area contributed by atoms with Crippen molar-refractivity contribution >= 4 is 0 Å². The molecule has 1 nitrogen and oxygen atoms in total. The minimum atomic E-state index is 0.639. The topological polar surface area (TPSA) is 12.9 Å². The van der Waals surface area contributed by atoms with Gasteiger partial charge in [0, 0.05) is 17.5 Å². The Labute approximate surface area is 109 Å². The van der Waals surface area contributed by atoms with E-state index in [-0.39, 0.29) is 0 Å². The van der Waals surface area contributed by atoms with Crippen LogP contribution in [0.1, 0.15) is 37.4 Å². The smallest absolute Gasteiger partial charge is 0.0441 e. The second-order valence-electron chi connectivity index (χ2n) is 5.57. The van der Waals surface area contributed by atoms with Gasteiger partial charge in [0.1, 0.15) is 0 Å². The SMILES string of the molecule is CC1Cc2ncc(-c3ccccc3)cc2C(C)C1. The zero-order chi connectivity index (χ0) is 12.5. The number of hydrogen-bond donors (Lipinski definition) is 0. The first-order valence-corrected chi connectivity index (χ1v) is 6.78. The molecule has 0 radical (unpaired) electrons. The second-order valence-corrected chi connectivity index (χ2v) is 5.57. The lowest BCUT2D eigenvalue weighted by Gasteiger charge is -2.26. The van der Waals surface area contributed by atoms with Crippen LogP contribution in [0.4, 0.5) is 0 Å². The highest BCUT2D eigenvalue weighted by molar-refractivity contribution is 5.63. The van der Waals surface area contributed by atoms with Crippen LogP contribution >= 0.6 is 0 Å². The maximum Gasteiger partial charge on any atom is 0.0441 e. The third-order valence-corrected chi connectivity index (χ3v) is 3.94. The quantitative estimate of drug-likeness (QED) is 0.714. The molecule has 0 bridgehead atoms. The largest absolute Gasteiger partial charge is 0.260 e. The number of rotatable bonds is 1. The fourth-order valence-electron chi connectivity index (χ4n) is 3.04. The third kappa shape index (κ3) is 2.05. The minimum Gasteiger partial charge on any atom is -0.260 e. The fourth-order valence-corrected chi connectivity index (χ4v) is 3.04. The van der Waals surface area contributed by atoms with E-state index in [1.54, 1.807) is 0 Å². The van der Waals surface area contributed by atoms with Gasteiger partial charge < -0.3 is 0 Å². The molecule has 3 rings (SSSR count). The van der Waals surface area contributed by atoms with Gasteiger partial charge in [-0.2, -0.15) is 0 Å². The highest BCUT2D eigenvalue weighted by Crippen LogP contribution is 2.35. The van der Waals surface area contributed by atoms with Gasteiger partial charge in [0.15, 0.2) is 0 Å². The van der Waals surface area contributed by atoms with Crippen molar-refractivity contribution in [1.82, 2.24) is 4.98 Å². The Kier molecular flexibility index (Phi) is 2.91. The first kappa shape index (κ1) is 11.5. The number of aromatic nitrogens is 1. The summed E-state index contributed by atoms with van der Waals surface area (Å²) in [5, 5.41) is 0. The summed E-state index contributed by atoms with van der Waals surface area (Å²) in [5.74, 6) is 1.41. The first-order valence-electron chi connectivity index (χ1n) is 6.78. The van der Waals surface area contributed by atoms with Crippen molar-refractivity contribution in [2.24, 2.45) is 5.92 Å². The summed E-state index contributed by atoms with van der Waals surface area (Å²) in [6.45, 7) is 4.65. The molecule has 0 amide bonds. The fraction of sp³-hybridized carbons (Fsp3) is 0.353. The molecule has 0 fully saturated rings. The van der Waals surface area contributed by atoms with Crippen LogP contribution in [-0.4, -0.2) is 4.98 Å². The van der Waals surface area contributed by atoms with Gasteiger partial charge in [-0.15, -0.1) is 0 Å². The van der Waals surface area contributed by atoms with Gasteiger partial charge in [-0.05, 0) is 41.9 Å². The van der Waals surface area contributed by atoms with Gasteiger partial charge in [0.25, 0.3) is 0 Å². The normalized spacial score (nSPS) is 22.6. The summed E-state index contributed by atoms with van der Waals surface area (Å²) in [5.41, 5.74) is 5.27. The molecule has 0 saturated heterocycles. The average molecular weight is 237 g/mol. The van der Waals surface area contributed by atoms with Crippen LogP contribution in [-0.2, 0) is 6.42 Å². The Balaban J connectivity index is 2.04. The molecule has 1 aromatic carbocycles. The van der Waals surface area contributed by atoms with E-state index in [2.05, 4.69) is 50.2 Å². The lowest BCUT2D eigenvalue weighted by atomic mass is 9.80. The highest BCUT2D eigenvalue weighted by atomic mass is 14.7. The Bertz CT molecular complexity index is 545. The molecule has 0 aliphatic heterocycles.